The Hall–Kier alpha value is -2.60. The molecule has 0 radical (unpaired) electrons. The predicted molar refractivity (Wildman–Crippen MR) is 90.7 cm³/mol. The lowest BCUT2D eigenvalue weighted by atomic mass is 10.0. The Bertz CT molecular complexity index is 834. The highest BCUT2D eigenvalue weighted by Gasteiger charge is 2.27. The number of hydrogen-bond acceptors (Lipinski definition) is 3. The highest BCUT2D eigenvalue weighted by atomic mass is 16.5. The van der Waals surface area contributed by atoms with E-state index in [-0.39, 0.29) is 18.1 Å². The predicted octanol–water partition coefficient (Wildman–Crippen LogP) is 2.55. The molecule has 6 nitrogen and oxygen atoms in total. The maximum atomic E-state index is 12.5. The molecule has 3 heterocycles. The zero-order chi connectivity index (χ0) is 16.5. The molecule has 2 aromatic heterocycles. The van der Waals surface area contributed by atoms with Crippen LogP contribution in [-0.2, 0) is 11.8 Å². The number of H-pyrrole nitrogens is 1. The fraction of sp³-hybridized carbons (Fsp3) is 0.333. The number of benzene rings is 1. The van der Waals surface area contributed by atoms with Crippen molar-refractivity contribution in [2.75, 3.05) is 6.61 Å². The number of aromatic amines is 1. The van der Waals surface area contributed by atoms with Crippen LogP contribution in [0.4, 0.5) is 0 Å². The number of nitrogens with one attached hydrogen (secondary N) is 2. The van der Waals surface area contributed by atoms with E-state index in [1.807, 2.05) is 48.1 Å². The molecule has 0 saturated carbocycles. The minimum Gasteiger partial charge on any atom is -0.372 e. The van der Waals surface area contributed by atoms with E-state index in [0.717, 1.165) is 29.4 Å². The minimum absolute atomic E-state index is 0.0285. The van der Waals surface area contributed by atoms with Crippen LogP contribution in [0, 0.1) is 0 Å². The number of imidazole rings is 1. The number of carbonyl (C=O) groups is 1. The van der Waals surface area contributed by atoms with Crippen molar-refractivity contribution in [3.05, 3.63) is 54.2 Å². The van der Waals surface area contributed by atoms with Gasteiger partial charge in [0.05, 0.1) is 18.2 Å². The molecule has 0 aliphatic carbocycles. The highest BCUT2D eigenvalue weighted by molar-refractivity contribution is 5.98. The van der Waals surface area contributed by atoms with Gasteiger partial charge in [-0.25, -0.2) is 4.98 Å². The second-order valence-corrected chi connectivity index (χ2v) is 6.25. The second-order valence-electron chi connectivity index (χ2n) is 6.25. The molecule has 0 spiro atoms. The standard InChI is InChI=1S/C18H20N4O2/c1-22-11-19-10-16(22)17-9-13(6-7-24-17)20-18(23)15-8-12-4-2-3-5-14(12)21-15/h2-5,8,10-11,13,17,21H,6-7,9H2,1H3,(H,20,23)/t13-,17+/m0/s1. The normalized spacial score (nSPS) is 21.0. The van der Waals surface area contributed by atoms with Crippen LogP contribution in [0.15, 0.2) is 42.9 Å². The Morgan fingerprint density at radius 3 is 3.08 bits per heavy atom. The lowest BCUT2D eigenvalue weighted by molar-refractivity contribution is -0.00304. The van der Waals surface area contributed by atoms with Crippen LogP contribution >= 0.6 is 0 Å². The van der Waals surface area contributed by atoms with Crippen molar-refractivity contribution in [3.8, 4) is 0 Å². The Morgan fingerprint density at radius 1 is 1.42 bits per heavy atom. The molecule has 3 aromatic rings. The van der Waals surface area contributed by atoms with Crippen molar-refractivity contribution in [1.82, 2.24) is 19.9 Å². The maximum absolute atomic E-state index is 12.5. The first kappa shape index (κ1) is 15.0. The number of aryl methyl sites for hydroxylation is 1. The third-order valence-corrected chi connectivity index (χ3v) is 4.58. The summed E-state index contributed by atoms with van der Waals surface area (Å²) in [5.41, 5.74) is 2.61. The highest BCUT2D eigenvalue weighted by Crippen LogP contribution is 2.27. The fourth-order valence-electron chi connectivity index (χ4n) is 3.27. The van der Waals surface area contributed by atoms with Gasteiger partial charge in [0.15, 0.2) is 0 Å². The van der Waals surface area contributed by atoms with Gasteiger partial charge in [0.25, 0.3) is 5.91 Å². The SMILES string of the molecule is Cn1cncc1[C@H]1C[C@@H](NC(=O)c2cc3ccccc3[nH]2)CCO1. The van der Waals surface area contributed by atoms with Crippen molar-refractivity contribution in [2.45, 2.75) is 25.0 Å². The van der Waals surface area contributed by atoms with Gasteiger partial charge in [0.1, 0.15) is 11.8 Å². The van der Waals surface area contributed by atoms with Crippen LogP contribution in [0.3, 0.4) is 0 Å². The molecule has 1 fully saturated rings. The summed E-state index contributed by atoms with van der Waals surface area (Å²) in [7, 11) is 1.96. The van der Waals surface area contributed by atoms with Gasteiger partial charge in [-0.1, -0.05) is 18.2 Å². The Kier molecular flexibility index (Phi) is 3.82. The van der Waals surface area contributed by atoms with Crippen molar-refractivity contribution in [2.24, 2.45) is 7.05 Å². The van der Waals surface area contributed by atoms with Gasteiger partial charge in [-0.3, -0.25) is 4.79 Å². The van der Waals surface area contributed by atoms with Gasteiger partial charge in [0, 0.05) is 30.6 Å². The average molecular weight is 324 g/mol. The largest absolute Gasteiger partial charge is 0.372 e. The van der Waals surface area contributed by atoms with Crippen LogP contribution in [-0.4, -0.2) is 33.1 Å². The summed E-state index contributed by atoms with van der Waals surface area (Å²) in [6.45, 7) is 0.632. The first-order chi connectivity index (χ1) is 11.7. The summed E-state index contributed by atoms with van der Waals surface area (Å²) >= 11 is 0. The van der Waals surface area contributed by atoms with Gasteiger partial charge in [0.2, 0.25) is 0 Å². The van der Waals surface area contributed by atoms with E-state index in [9.17, 15) is 4.79 Å². The van der Waals surface area contributed by atoms with E-state index >= 15 is 0 Å². The molecule has 0 bridgehead atoms. The molecule has 2 atom stereocenters. The van der Waals surface area contributed by atoms with E-state index in [0.29, 0.717) is 12.3 Å². The molecular weight excluding hydrogens is 304 g/mol. The third kappa shape index (κ3) is 2.80. The van der Waals surface area contributed by atoms with Gasteiger partial charge >= 0.3 is 0 Å². The average Bonchev–Trinajstić information content (AvgIpc) is 3.21. The second kappa shape index (κ2) is 6.13. The number of nitrogens with zero attached hydrogens (tertiary/aromatic N) is 2. The topological polar surface area (TPSA) is 71.9 Å². The molecule has 1 aliphatic heterocycles. The first-order valence-electron chi connectivity index (χ1n) is 8.17. The van der Waals surface area contributed by atoms with E-state index in [2.05, 4.69) is 15.3 Å². The number of carbonyl (C=O) groups excluding carboxylic acids is 1. The number of rotatable bonds is 3. The van der Waals surface area contributed by atoms with Gasteiger partial charge in [-0.2, -0.15) is 0 Å². The number of hydrogen-bond donors (Lipinski definition) is 2. The molecule has 4 rings (SSSR count). The molecule has 1 aromatic carbocycles. The van der Waals surface area contributed by atoms with Crippen LogP contribution in [0.1, 0.15) is 35.1 Å². The Balaban J connectivity index is 1.46. The number of para-hydroxylation sites is 1. The van der Waals surface area contributed by atoms with Crippen molar-refractivity contribution in [1.29, 1.82) is 0 Å². The molecule has 0 unspecified atom stereocenters. The van der Waals surface area contributed by atoms with Crippen LogP contribution in [0.2, 0.25) is 0 Å². The smallest absolute Gasteiger partial charge is 0.267 e. The summed E-state index contributed by atoms with van der Waals surface area (Å²) in [6, 6.07) is 9.88. The molecule has 24 heavy (non-hydrogen) atoms. The minimum atomic E-state index is -0.0677. The van der Waals surface area contributed by atoms with Gasteiger partial charge in [-0.05, 0) is 25.0 Å². The van der Waals surface area contributed by atoms with Gasteiger partial charge in [-0.15, -0.1) is 0 Å². The molecule has 1 aliphatic rings. The van der Waals surface area contributed by atoms with Crippen molar-refractivity contribution in [3.63, 3.8) is 0 Å². The van der Waals surface area contributed by atoms with Crippen LogP contribution < -0.4 is 5.32 Å². The summed E-state index contributed by atoms with van der Waals surface area (Å²) in [5.74, 6) is -0.0677. The fourth-order valence-corrected chi connectivity index (χ4v) is 3.27. The lowest BCUT2D eigenvalue weighted by Crippen LogP contribution is -2.40. The molecule has 1 saturated heterocycles. The lowest BCUT2D eigenvalue weighted by Gasteiger charge is -2.30. The summed E-state index contributed by atoms with van der Waals surface area (Å²) in [6.07, 6.45) is 5.14. The summed E-state index contributed by atoms with van der Waals surface area (Å²) in [4.78, 5) is 19.9. The molecule has 2 N–H and O–H groups in total. The number of ether oxygens (including phenoxy) is 1. The summed E-state index contributed by atoms with van der Waals surface area (Å²) in [5, 5.41) is 4.17. The molecule has 6 heteroatoms. The summed E-state index contributed by atoms with van der Waals surface area (Å²) < 4.78 is 7.81. The van der Waals surface area contributed by atoms with E-state index in [1.165, 1.54) is 0 Å². The Labute approximate surface area is 139 Å². The monoisotopic (exact) mass is 324 g/mol. The zero-order valence-electron chi connectivity index (χ0n) is 13.5. The van der Waals surface area contributed by atoms with E-state index < -0.39 is 0 Å². The van der Waals surface area contributed by atoms with Crippen LogP contribution in [0.5, 0.6) is 0 Å². The van der Waals surface area contributed by atoms with Crippen LogP contribution in [0.25, 0.3) is 10.9 Å². The van der Waals surface area contributed by atoms with Gasteiger partial charge < -0.3 is 19.6 Å². The molecule has 124 valence electrons. The zero-order valence-corrected chi connectivity index (χ0v) is 13.5. The first-order valence-corrected chi connectivity index (χ1v) is 8.17. The third-order valence-electron chi connectivity index (χ3n) is 4.58. The quantitative estimate of drug-likeness (QED) is 0.778. The van der Waals surface area contributed by atoms with E-state index in [4.69, 9.17) is 4.74 Å². The molecule has 1 amide bonds. The molecular formula is C18H20N4O2. The van der Waals surface area contributed by atoms with Crippen molar-refractivity contribution >= 4 is 16.8 Å². The number of amides is 1. The van der Waals surface area contributed by atoms with E-state index in [1.54, 1.807) is 6.33 Å². The Morgan fingerprint density at radius 2 is 2.29 bits per heavy atom. The van der Waals surface area contributed by atoms with Crippen molar-refractivity contribution < 1.29 is 9.53 Å². The maximum Gasteiger partial charge on any atom is 0.267 e. The number of fused-ring (bicyclic) bond motifs is 1. The number of aromatic nitrogens is 3.